The molecule has 130 valence electrons. The smallest absolute Gasteiger partial charge is 0.249 e. The second kappa shape index (κ2) is 5.79. The minimum atomic E-state index is -1.32. The van der Waals surface area contributed by atoms with Crippen LogP contribution >= 0.6 is 34.8 Å². The standard InChI is InChI=1S/C17H19Cl3N2O2/c1-10-6-11(2)8-12(7-10)22-5-4-13(14(22)23)21(3)15(24)16(18)9-17(16,19)20/h6-8,13H,4-5,9H2,1-3H3. The van der Waals surface area contributed by atoms with Crippen molar-refractivity contribution in [2.45, 2.75) is 41.9 Å². The van der Waals surface area contributed by atoms with E-state index in [0.29, 0.717) is 13.0 Å². The van der Waals surface area contributed by atoms with Crippen LogP contribution < -0.4 is 4.90 Å². The van der Waals surface area contributed by atoms with Crippen LogP contribution in [0.2, 0.25) is 0 Å². The van der Waals surface area contributed by atoms with Crippen LogP contribution in [0.3, 0.4) is 0 Å². The highest BCUT2D eigenvalue weighted by Crippen LogP contribution is 2.62. The molecule has 1 aromatic carbocycles. The third-order valence-electron chi connectivity index (χ3n) is 4.74. The number of amides is 2. The van der Waals surface area contributed by atoms with Crippen molar-refractivity contribution in [2.75, 3.05) is 18.5 Å². The molecule has 4 nitrogen and oxygen atoms in total. The van der Waals surface area contributed by atoms with Gasteiger partial charge in [-0.15, -0.1) is 11.6 Å². The van der Waals surface area contributed by atoms with Crippen molar-refractivity contribution >= 4 is 52.3 Å². The second-order valence-electron chi connectivity index (χ2n) is 6.74. The van der Waals surface area contributed by atoms with Gasteiger partial charge in [0.1, 0.15) is 10.4 Å². The van der Waals surface area contributed by atoms with E-state index in [0.717, 1.165) is 16.8 Å². The number of aryl methyl sites for hydroxylation is 2. The Morgan fingerprint density at radius 1 is 1.21 bits per heavy atom. The summed E-state index contributed by atoms with van der Waals surface area (Å²) in [5.74, 6) is -0.499. The van der Waals surface area contributed by atoms with Crippen LogP contribution in [0, 0.1) is 13.8 Å². The Labute approximate surface area is 156 Å². The molecular formula is C17H19Cl3N2O2. The average molecular weight is 390 g/mol. The Kier molecular flexibility index (Phi) is 4.30. The summed E-state index contributed by atoms with van der Waals surface area (Å²) in [5, 5.41) is 0. The fourth-order valence-corrected chi connectivity index (χ4v) is 4.34. The topological polar surface area (TPSA) is 40.6 Å². The molecule has 2 unspecified atom stereocenters. The lowest BCUT2D eigenvalue weighted by molar-refractivity contribution is -0.137. The van der Waals surface area contributed by atoms with Crippen LogP contribution in [0.4, 0.5) is 5.69 Å². The molecule has 1 aromatic rings. The highest BCUT2D eigenvalue weighted by atomic mass is 35.5. The minimum Gasteiger partial charge on any atom is -0.332 e. The van der Waals surface area contributed by atoms with Gasteiger partial charge in [0.05, 0.1) is 0 Å². The number of carbonyl (C=O) groups excluding carboxylic acids is 2. The third kappa shape index (κ3) is 2.79. The first-order valence-corrected chi connectivity index (χ1v) is 8.94. The van der Waals surface area contributed by atoms with Gasteiger partial charge in [0.15, 0.2) is 4.87 Å². The molecule has 0 bridgehead atoms. The molecule has 24 heavy (non-hydrogen) atoms. The van der Waals surface area contributed by atoms with Gasteiger partial charge in [-0.1, -0.05) is 29.3 Å². The number of carbonyl (C=O) groups is 2. The van der Waals surface area contributed by atoms with E-state index in [9.17, 15) is 9.59 Å². The Hall–Kier alpha value is -0.970. The number of hydrogen-bond donors (Lipinski definition) is 0. The van der Waals surface area contributed by atoms with E-state index in [1.807, 2.05) is 26.0 Å². The zero-order valence-corrected chi connectivity index (χ0v) is 16.0. The highest BCUT2D eigenvalue weighted by molar-refractivity contribution is 6.62. The zero-order chi connectivity index (χ0) is 17.9. The van der Waals surface area contributed by atoms with Gasteiger partial charge in [0, 0.05) is 25.7 Å². The van der Waals surface area contributed by atoms with Crippen molar-refractivity contribution < 1.29 is 9.59 Å². The maximum atomic E-state index is 12.8. The summed E-state index contributed by atoms with van der Waals surface area (Å²) in [6, 6.07) is 5.46. The number of hydrogen-bond acceptors (Lipinski definition) is 2. The van der Waals surface area contributed by atoms with E-state index >= 15 is 0 Å². The summed E-state index contributed by atoms with van der Waals surface area (Å²) in [7, 11) is 1.59. The first kappa shape index (κ1) is 17.8. The Bertz CT molecular complexity index is 702. The van der Waals surface area contributed by atoms with Crippen LogP contribution in [-0.2, 0) is 9.59 Å². The van der Waals surface area contributed by atoms with E-state index in [-0.39, 0.29) is 12.3 Å². The van der Waals surface area contributed by atoms with Crippen LogP contribution in [0.15, 0.2) is 18.2 Å². The number of anilines is 1. The van der Waals surface area contributed by atoms with Gasteiger partial charge in [0.2, 0.25) is 11.8 Å². The van der Waals surface area contributed by atoms with Gasteiger partial charge < -0.3 is 9.80 Å². The quantitative estimate of drug-likeness (QED) is 0.743. The molecule has 2 amide bonds. The average Bonchev–Trinajstić information content (AvgIpc) is 2.81. The Morgan fingerprint density at radius 3 is 2.25 bits per heavy atom. The van der Waals surface area contributed by atoms with Crippen LogP contribution in [-0.4, -0.2) is 45.6 Å². The van der Waals surface area contributed by atoms with Crippen molar-refractivity contribution in [2.24, 2.45) is 0 Å². The van der Waals surface area contributed by atoms with E-state index in [4.69, 9.17) is 34.8 Å². The normalized spacial score (nSPS) is 28.2. The summed E-state index contributed by atoms with van der Waals surface area (Å²) in [6.07, 6.45) is 0.744. The van der Waals surface area contributed by atoms with Crippen molar-refractivity contribution in [3.05, 3.63) is 29.3 Å². The molecule has 2 aliphatic rings. The second-order valence-corrected chi connectivity index (χ2v) is 8.87. The SMILES string of the molecule is Cc1cc(C)cc(N2CCC(N(C)C(=O)C3(Cl)CC3(Cl)Cl)C2=O)c1. The zero-order valence-electron chi connectivity index (χ0n) is 13.8. The van der Waals surface area contributed by atoms with E-state index in [2.05, 4.69) is 6.07 Å². The lowest BCUT2D eigenvalue weighted by atomic mass is 10.1. The molecular weight excluding hydrogens is 371 g/mol. The molecule has 0 aromatic heterocycles. The van der Waals surface area contributed by atoms with Gasteiger partial charge in [-0.05, 0) is 43.5 Å². The third-order valence-corrected chi connectivity index (χ3v) is 6.47. The van der Waals surface area contributed by atoms with E-state index in [1.54, 1.807) is 11.9 Å². The first-order chi connectivity index (χ1) is 11.1. The fourth-order valence-electron chi connectivity index (χ4n) is 3.30. The lowest BCUT2D eigenvalue weighted by Gasteiger charge is -2.26. The highest BCUT2D eigenvalue weighted by Gasteiger charge is 2.72. The van der Waals surface area contributed by atoms with Crippen molar-refractivity contribution in [3.8, 4) is 0 Å². The van der Waals surface area contributed by atoms with Gasteiger partial charge in [0.25, 0.3) is 0 Å². The summed E-state index contributed by atoms with van der Waals surface area (Å²) in [5.41, 5.74) is 3.05. The molecule has 1 aliphatic carbocycles. The molecule has 2 atom stereocenters. The lowest BCUT2D eigenvalue weighted by Crippen LogP contribution is -2.47. The van der Waals surface area contributed by atoms with Crippen LogP contribution in [0.1, 0.15) is 24.0 Å². The summed E-state index contributed by atoms with van der Waals surface area (Å²) < 4.78 is -1.26. The molecule has 0 radical (unpaired) electrons. The predicted molar refractivity (Wildman–Crippen MR) is 97.1 cm³/mol. The summed E-state index contributed by atoms with van der Waals surface area (Å²) in [6.45, 7) is 4.55. The number of rotatable bonds is 3. The van der Waals surface area contributed by atoms with E-state index in [1.165, 1.54) is 4.90 Å². The Balaban J connectivity index is 1.78. The van der Waals surface area contributed by atoms with Crippen molar-refractivity contribution in [1.82, 2.24) is 4.90 Å². The van der Waals surface area contributed by atoms with Crippen LogP contribution in [0.5, 0.6) is 0 Å². The maximum Gasteiger partial charge on any atom is 0.249 e. The molecule has 1 saturated heterocycles. The van der Waals surface area contributed by atoms with Crippen molar-refractivity contribution in [3.63, 3.8) is 0 Å². The fraction of sp³-hybridized carbons (Fsp3) is 0.529. The summed E-state index contributed by atoms with van der Waals surface area (Å²) >= 11 is 18.2. The molecule has 1 aliphatic heterocycles. The number of benzene rings is 1. The molecule has 0 N–H and O–H groups in total. The predicted octanol–water partition coefficient (Wildman–Crippen LogP) is 3.42. The molecule has 3 rings (SSSR count). The molecule has 7 heteroatoms. The number of likely N-dealkylation sites (N-methyl/N-ethyl adjacent to an activating group) is 1. The monoisotopic (exact) mass is 388 g/mol. The summed E-state index contributed by atoms with van der Waals surface area (Å²) in [4.78, 5) is 27.2. The molecule has 1 saturated carbocycles. The molecule has 0 spiro atoms. The van der Waals surface area contributed by atoms with Crippen LogP contribution in [0.25, 0.3) is 0 Å². The van der Waals surface area contributed by atoms with Gasteiger partial charge in [-0.25, -0.2) is 0 Å². The van der Waals surface area contributed by atoms with Gasteiger partial charge >= 0.3 is 0 Å². The number of alkyl halides is 3. The van der Waals surface area contributed by atoms with E-state index < -0.39 is 21.2 Å². The van der Waals surface area contributed by atoms with Gasteiger partial charge in [-0.2, -0.15) is 0 Å². The van der Waals surface area contributed by atoms with Gasteiger partial charge in [-0.3, -0.25) is 9.59 Å². The largest absolute Gasteiger partial charge is 0.332 e. The minimum absolute atomic E-state index is 0.105. The first-order valence-electron chi connectivity index (χ1n) is 7.80. The van der Waals surface area contributed by atoms with Crippen molar-refractivity contribution in [1.29, 1.82) is 0 Å². The molecule has 2 fully saturated rings. The maximum absolute atomic E-state index is 12.8. The number of halogens is 3. The Morgan fingerprint density at radius 2 is 1.75 bits per heavy atom. The molecule has 1 heterocycles. The number of nitrogens with zero attached hydrogens (tertiary/aromatic N) is 2.